The first-order valence-electron chi connectivity index (χ1n) is 9.35. The van der Waals surface area contributed by atoms with Gasteiger partial charge < -0.3 is 4.52 Å². The van der Waals surface area contributed by atoms with Gasteiger partial charge in [-0.15, -0.1) is 0 Å². The highest BCUT2D eigenvalue weighted by Crippen LogP contribution is 2.46. The molecule has 0 bridgehead atoms. The number of hydrogen-bond acceptors (Lipinski definition) is 5. The van der Waals surface area contributed by atoms with Crippen LogP contribution in [0.5, 0.6) is 0 Å². The fourth-order valence-electron chi connectivity index (χ4n) is 4.49. The molecule has 1 aromatic carbocycles. The average molecular weight is 408 g/mol. The molecular formula is C19H25FN4O3S. The summed E-state index contributed by atoms with van der Waals surface area (Å²) in [7, 11) is -0.540. The van der Waals surface area contributed by atoms with E-state index in [1.807, 2.05) is 19.1 Å². The topological polar surface area (TPSA) is 69.9 Å². The molecule has 0 aliphatic carbocycles. The van der Waals surface area contributed by atoms with E-state index in [9.17, 15) is 12.8 Å². The van der Waals surface area contributed by atoms with Gasteiger partial charge in [0.2, 0.25) is 0 Å². The normalized spacial score (nSPS) is 26.2. The minimum Gasteiger partial charge on any atom is -0.360 e. The summed E-state index contributed by atoms with van der Waals surface area (Å²) in [4.78, 5) is 2.27. The molecule has 7 nitrogen and oxygen atoms in total. The van der Waals surface area contributed by atoms with E-state index in [1.165, 1.54) is 34.8 Å². The molecule has 3 heterocycles. The van der Waals surface area contributed by atoms with Crippen molar-refractivity contribution in [2.45, 2.75) is 19.5 Å². The van der Waals surface area contributed by atoms with Crippen molar-refractivity contribution in [3.05, 3.63) is 53.2 Å². The van der Waals surface area contributed by atoms with Gasteiger partial charge in [0, 0.05) is 39.8 Å². The summed E-state index contributed by atoms with van der Waals surface area (Å²) >= 11 is 0. The molecule has 0 amide bonds. The SMILES string of the molecule is Cc1cc(CN2C[C@H]3CN(S(=O)(=O)N(C)C)[C@@H](c4cccc(F)c4)[C@H]3C2)on1. The van der Waals surface area contributed by atoms with Crippen LogP contribution in [0.4, 0.5) is 4.39 Å². The van der Waals surface area contributed by atoms with E-state index in [0.29, 0.717) is 18.7 Å². The highest BCUT2D eigenvalue weighted by atomic mass is 32.2. The molecule has 152 valence electrons. The van der Waals surface area contributed by atoms with Crippen molar-refractivity contribution in [3.63, 3.8) is 0 Å². The van der Waals surface area contributed by atoms with Crippen molar-refractivity contribution in [1.82, 2.24) is 18.7 Å². The Morgan fingerprint density at radius 3 is 2.68 bits per heavy atom. The number of benzene rings is 1. The molecule has 0 saturated carbocycles. The smallest absolute Gasteiger partial charge is 0.282 e. The number of aromatic nitrogens is 1. The number of fused-ring (bicyclic) bond motifs is 1. The second-order valence-electron chi connectivity index (χ2n) is 7.91. The summed E-state index contributed by atoms with van der Waals surface area (Å²) < 4.78 is 47.9. The second-order valence-corrected chi connectivity index (χ2v) is 10.0. The van der Waals surface area contributed by atoms with E-state index in [-0.39, 0.29) is 23.7 Å². The Labute approximate surface area is 164 Å². The third-order valence-electron chi connectivity index (χ3n) is 5.70. The van der Waals surface area contributed by atoms with Crippen molar-refractivity contribution < 1.29 is 17.3 Å². The largest absolute Gasteiger partial charge is 0.360 e. The van der Waals surface area contributed by atoms with Gasteiger partial charge in [-0.25, -0.2) is 4.39 Å². The van der Waals surface area contributed by atoms with Crippen LogP contribution in [-0.2, 0) is 16.8 Å². The number of nitrogens with zero attached hydrogens (tertiary/aromatic N) is 4. The molecule has 9 heteroatoms. The van der Waals surface area contributed by atoms with E-state index in [1.54, 1.807) is 6.07 Å². The molecule has 0 radical (unpaired) electrons. The minimum atomic E-state index is -3.60. The van der Waals surface area contributed by atoms with Gasteiger partial charge in [0.05, 0.1) is 18.3 Å². The fraction of sp³-hybridized carbons (Fsp3) is 0.526. The van der Waals surface area contributed by atoms with Crippen LogP contribution in [0.15, 0.2) is 34.9 Å². The van der Waals surface area contributed by atoms with Crippen LogP contribution in [0.2, 0.25) is 0 Å². The lowest BCUT2D eigenvalue weighted by molar-refractivity contribution is 0.231. The van der Waals surface area contributed by atoms with Crippen LogP contribution < -0.4 is 0 Å². The predicted octanol–water partition coefficient (Wildman–Crippen LogP) is 2.03. The molecular weight excluding hydrogens is 383 g/mol. The lowest BCUT2D eigenvalue weighted by Gasteiger charge is -2.31. The molecule has 2 aliphatic rings. The second kappa shape index (κ2) is 7.22. The summed E-state index contributed by atoms with van der Waals surface area (Å²) in [6.45, 7) is 4.46. The summed E-state index contributed by atoms with van der Waals surface area (Å²) in [6.07, 6.45) is 0. The summed E-state index contributed by atoms with van der Waals surface area (Å²) in [5, 5.41) is 3.93. The zero-order valence-corrected chi connectivity index (χ0v) is 17.1. The molecule has 2 saturated heterocycles. The number of halogens is 1. The van der Waals surface area contributed by atoms with Crippen molar-refractivity contribution in [2.75, 3.05) is 33.7 Å². The molecule has 3 atom stereocenters. The van der Waals surface area contributed by atoms with Gasteiger partial charge >= 0.3 is 0 Å². The van der Waals surface area contributed by atoms with Crippen LogP contribution in [0.25, 0.3) is 0 Å². The first-order chi connectivity index (χ1) is 13.3. The molecule has 2 fully saturated rings. The highest BCUT2D eigenvalue weighted by molar-refractivity contribution is 7.86. The quantitative estimate of drug-likeness (QED) is 0.757. The van der Waals surface area contributed by atoms with Gasteiger partial charge in [0.15, 0.2) is 5.76 Å². The molecule has 0 unspecified atom stereocenters. The molecule has 0 N–H and O–H groups in total. The van der Waals surface area contributed by atoms with Crippen molar-refractivity contribution in [3.8, 4) is 0 Å². The van der Waals surface area contributed by atoms with Crippen LogP contribution >= 0.6 is 0 Å². The van der Waals surface area contributed by atoms with Gasteiger partial charge in [-0.1, -0.05) is 17.3 Å². The maximum atomic E-state index is 13.9. The summed E-state index contributed by atoms with van der Waals surface area (Å²) in [5.74, 6) is 0.736. The van der Waals surface area contributed by atoms with Crippen LogP contribution in [0, 0.1) is 24.6 Å². The number of aryl methyl sites for hydroxylation is 1. The Morgan fingerprint density at radius 2 is 2.04 bits per heavy atom. The monoisotopic (exact) mass is 408 g/mol. The molecule has 2 aliphatic heterocycles. The minimum absolute atomic E-state index is 0.0977. The van der Waals surface area contributed by atoms with Crippen LogP contribution in [-0.4, -0.2) is 60.8 Å². The van der Waals surface area contributed by atoms with Gasteiger partial charge in [-0.3, -0.25) is 4.90 Å². The Morgan fingerprint density at radius 1 is 1.25 bits per heavy atom. The van der Waals surface area contributed by atoms with Crippen molar-refractivity contribution in [2.24, 2.45) is 11.8 Å². The van der Waals surface area contributed by atoms with E-state index >= 15 is 0 Å². The fourth-order valence-corrected chi connectivity index (χ4v) is 5.85. The number of likely N-dealkylation sites (tertiary alicyclic amines) is 1. The molecule has 4 rings (SSSR count). The van der Waals surface area contributed by atoms with E-state index in [4.69, 9.17) is 4.52 Å². The third kappa shape index (κ3) is 3.47. The van der Waals surface area contributed by atoms with E-state index in [2.05, 4.69) is 10.1 Å². The van der Waals surface area contributed by atoms with Gasteiger partial charge in [-0.05, 0) is 36.5 Å². The number of hydrogen-bond donors (Lipinski definition) is 0. The Kier molecular flexibility index (Phi) is 5.03. The lowest BCUT2D eigenvalue weighted by Crippen LogP contribution is -2.42. The lowest BCUT2D eigenvalue weighted by atomic mass is 9.90. The maximum Gasteiger partial charge on any atom is 0.282 e. The van der Waals surface area contributed by atoms with Crippen LogP contribution in [0.3, 0.4) is 0 Å². The van der Waals surface area contributed by atoms with Crippen LogP contribution in [0.1, 0.15) is 23.1 Å². The molecule has 2 aromatic rings. The van der Waals surface area contributed by atoms with Crippen molar-refractivity contribution in [1.29, 1.82) is 0 Å². The number of rotatable bonds is 5. The van der Waals surface area contributed by atoms with E-state index in [0.717, 1.165) is 24.5 Å². The predicted molar refractivity (Wildman–Crippen MR) is 102 cm³/mol. The maximum absolute atomic E-state index is 13.9. The Hall–Kier alpha value is -1.81. The van der Waals surface area contributed by atoms with Gasteiger partial charge in [-0.2, -0.15) is 17.0 Å². The van der Waals surface area contributed by atoms with Gasteiger partial charge in [0.1, 0.15) is 5.82 Å². The Bertz CT molecular complexity index is 962. The summed E-state index contributed by atoms with van der Waals surface area (Å²) in [5.41, 5.74) is 1.55. The molecule has 0 spiro atoms. The first kappa shape index (κ1) is 19.5. The first-order valence-corrected chi connectivity index (χ1v) is 10.7. The molecule has 1 aromatic heterocycles. The zero-order chi connectivity index (χ0) is 20.1. The standard InChI is InChI=1S/C19H25FN4O3S/c1-13-7-17(27-21-13)11-23-9-15-10-24(28(25,26)22(2)3)19(18(15)12-23)14-5-4-6-16(20)8-14/h4-8,15,18-19H,9-12H2,1-3H3/t15-,18-,19-/m0/s1. The molecule has 28 heavy (non-hydrogen) atoms. The van der Waals surface area contributed by atoms with Crippen molar-refractivity contribution >= 4 is 10.2 Å². The van der Waals surface area contributed by atoms with Gasteiger partial charge in [0.25, 0.3) is 10.2 Å². The summed E-state index contributed by atoms with van der Waals surface area (Å²) in [6, 6.07) is 7.83. The highest BCUT2D eigenvalue weighted by Gasteiger charge is 2.51. The third-order valence-corrected chi connectivity index (χ3v) is 7.59. The van der Waals surface area contributed by atoms with E-state index < -0.39 is 10.2 Å². The Balaban J connectivity index is 1.62. The average Bonchev–Trinajstić information content (AvgIpc) is 3.29. The zero-order valence-electron chi connectivity index (χ0n) is 16.2.